The van der Waals surface area contributed by atoms with Gasteiger partial charge in [0.05, 0.1) is 0 Å². The Morgan fingerprint density at radius 3 is 2.14 bits per heavy atom. The number of aliphatic hydroxyl groups excluding tert-OH is 1. The average Bonchev–Trinajstić information content (AvgIpc) is 2.19. The van der Waals surface area contributed by atoms with Gasteiger partial charge >= 0.3 is 0 Å². The van der Waals surface area contributed by atoms with Crippen LogP contribution in [-0.2, 0) is 4.79 Å². The quantitative estimate of drug-likeness (QED) is 0.612. The Bertz CT molecular complexity index is 150. The fourth-order valence-corrected chi connectivity index (χ4v) is 1.70. The second-order valence-electron chi connectivity index (χ2n) is 3.94. The minimum Gasteiger partial charge on any atom is -0.385 e. The Kier molecular flexibility index (Phi) is 7.77. The number of unbranched alkanes of at least 4 members (excludes halogenated alkanes) is 2. The zero-order valence-electron chi connectivity index (χ0n) is 9.75. The minimum atomic E-state index is -0.721. The van der Waals surface area contributed by atoms with Gasteiger partial charge in [-0.3, -0.25) is 4.79 Å². The summed E-state index contributed by atoms with van der Waals surface area (Å²) in [5.41, 5.74) is 0. The van der Waals surface area contributed by atoms with Crippen LogP contribution < -0.4 is 0 Å². The lowest BCUT2D eigenvalue weighted by molar-refractivity contribution is -0.130. The van der Waals surface area contributed by atoms with Gasteiger partial charge < -0.3 is 5.11 Å². The van der Waals surface area contributed by atoms with Crippen LogP contribution >= 0.6 is 0 Å². The van der Waals surface area contributed by atoms with E-state index < -0.39 is 6.10 Å². The molecule has 14 heavy (non-hydrogen) atoms. The summed E-state index contributed by atoms with van der Waals surface area (Å²) in [7, 11) is 0. The first-order valence-electron chi connectivity index (χ1n) is 5.88. The fraction of sp³-hybridized carbons (Fsp3) is 0.917. The molecule has 1 N–H and O–H groups in total. The Balaban J connectivity index is 3.84. The first kappa shape index (κ1) is 13.6. The summed E-state index contributed by atoms with van der Waals surface area (Å²) in [6.45, 7) is 6.16. The molecule has 0 aromatic rings. The number of Topliss-reactive ketones (excluding diaryl/α,β-unsaturated/α-hetero) is 1. The summed E-state index contributed by atoms with van der Waals surface area (Å²) in [5, 5.41) is 9.73. The second-order valence-corrected chi connectivity index (χ2v) is 3.94. The van der Waals surface area contributed by atoms with Crippen LogP contribution in [0.25, 0.3) is 0 Å². The highest BCUT2D eigenvalue weighted by molar-refractivity contribution is 5.83. The lowest BCUT2D eigenvalue weighted by Crippen LogP contribution is -2.28. The van der Waals surface area contributed by atoms with Crippen molar-refractivity contribution >= 4 is 5.78 Å². The summed E-state index contributed by atoms with van der Waals surface area (Å²) >= 11 is 0. The molecule has 0 amide bonds. The molecular weight excluding hydrogens is 176 g/mol. The van der Waals surface area contributed by atoms with E-state index in [1.807, 2.05) is 13.8 Å². The molecule has 0 spiro atoms. The largest absolute Gasteiger partial charge is 0.385 e. The van der Waals surface area contributed by atoms with Crippen LogP contribution in [-0.4, -0.2) is 17.0 Å². The molecule has 1 unspecified atom stereocenters. The standard InChI is InChI=1S/C12H24O2/c1-4-7-8-9-11(13)12(14)10(5-2)6-3/h10,12,14H,4-9H2,1-3H3. The monoisotopic (exact) mass is 200 g/mol. The van der Waals surface area contributed by atoms with Crippen molar-refractivity contribution in [1.82, 2.24) is 0 Å². The summed E-state index contributed by atoms with van der Waals surface area (Å²) in [6, 6.07) is 0. The summed E-state index contributed by atoms with van der Waals surface area (Å²) in [4.78, 5) is 11.5. The molecule has 0 aliphatic carbocycles. The number of hydrogen-bond acceptors (Lipinski definition) is 2. The molecule has 84 valence electrons. The number of carbonyl (C=O) groups is 1. The van der Waals surface area contributed by atoms with Gasteiger partial charge in [-0.2, -0.15) is 0 Å². The van der Waals surface area contributed by atoms with Gasteiger partial charge in [-0.25, -0.2) is 0 Å². The lowest BCUT2D eigenvalue weighted by atomic mass is 9.92. The van der Waals surface area contributed by atoms with Gasteiger partial charge in [0.1, 0.15) is 6.10 Å². The normalized spacial score (nSPS) is 13.2. The number of carbonyl (C=O) groups excluding carboxylic acids is 1. The van der Waals surface area contributed by atoms with E-state index in [2.05, 4.69) is 6.92 Å². The number of hydrogen-bond donors (Lipinski definition) is 1. The molecule has 0 aromatic carbocycles. The summed E-state index contributed by atoms with van der Waals surface area (Å²) in [5.74, 6) is 0.191. The molecule has 0 aromatic heterocycles. The van der Waals surface area contributed by atoms with Crippen molar-refractivity contribution in [3.8, 4) is 0 Å². The van der Waals surface area contributed by atoms with Crippen molar-refractivity contribution in [2.45, 2.75) is 65.4 Å². The maximum absolute atomic E-state index is 11.5. The Morgan fingerprint density at radius 2 is 1.71 bits per heavy atom. The van der Waals surface area contributed by atoms with E-state index in [9.17, 15) is 9.90 Å². The van der Waals surface area contributed by atoms with E-state index in [-0.39, 0.29) is 11.7 Å². The van der Waals surface area contributed by atoms with Crippen molar-refractivity contribution in [2.75, 3.05) is 0 Å². The third kappa shape index (κ3) is 4.75. The second kappa shape index (κ2) is 7.98. The lowest BCUT2D eigenvalue weighted by Gasteiger charge is -2.18. The van der Waals surface area contributed by atoms with Gasteiger partial charge in [-0.15, -0.1) is 0 Å². The van der Waals surface area contributed by atoms with Crippen molar-refractivity contribution in [3.05, 3.63) is 0 Å². The third-order valence-electron chi connectivity index (χ3n) is 2.85. The molecule has 0 fully saturated rings. The molecule has 0 heterocycles. The highest BCUT2D eigenvalue weighted by Crippen LogP contribution is 2.16. The Hall–Kier alpha value is -0.370. The smallest absolute Gasteiger partial charge is 0.161 e. The van der Waals surface area contributed by atoms with Crippen LogP contribution in [0.1, 0.15) is 59.3 Å². The SMILES string of the molecule is CCCCCC(=O)C(O)C(CC)CC. The predicted molar refractivity (Wildman–Crippen MR) is 59.2 cm³/mol. The van der Waals surface area contributed by atoms with E-state index >= 15 is 0 Å². The van der Waals surface area contributed by atoms with Crippen LogP contribution in [0.3, 0.4) is 0 Å². The predicted octanol–water partition coefficient (Wildman–Crippen LogP) is 2.93. The zero-order valence-corrected chi connectivity index (χ0v) is 9.75. The molecule has 0 saturated heterocycles. The van der Waals surface area contributed by atoms with Crippen molar-refractivity contribution in [3.63, 3.8) is 0 Å². The van der Waals surface area contributed by atoms with Gasteiger partial charge in [0, 0.05) is 6.42 Å². The van der Waals surface area contributed by atoms with Crippen LogP contribution in [0.2, 0.25) is 0 Å². The number of rotatable bonds is 8. The summed E-state index contributed by atoms with van der Waals surface area (Å²) < 4.78 is 0. The van der Waals surface area contributed by atoms with Crippen LogP contribution in [0.15, 0.2) is 0 Å². The van der Waals surface area contributed by atoms with Gasteiger partial charge in [0.25, 0.3) is 0 Å². The minimum absolute atomic E-state index is 0.0344. The maximum Gasteiger partial charge on any atom is 0.161 e. The van der Waals surface area contributed by atoms with Gasteiger partial charge in [-0.1, -0.05) is 46.5 Å². The van der Waals surface area contributed by atoms with Crippen LogP contribution in [0.5, 0.6) is 0 Å². The topological polar surface area (TPSA) is 37.3 Å². The molecule has 0 radical (unpaired) electrons. The highest BCUT2D eigenvalue weighted by atomic mass is 16.3. The molecular formula is C12H24O2. The average molecular weight is 200 g/mol. The van der Waals surface area contributed by atoms with Gasteiger partial charge in [-0.05, 0) is 12.3 Å². The first-order valence-corrected chi connectivity index (χ1v) is 5.88. The Morgan fingerprint density at radius 1 is 1.14 bits per heavy atom. The molecule has 0 rings (SSSR count). The highest BCUT2D eigenvalue weighted by Gasteiger charge is 2.22. The zero-order chi connectivity index (χ0) is 11.0. The van der Waals surface area contributed by atoms with Crippen molar-refractivity contribution < 1.29 is 9.90 Å². The fourth-order valence-electron chi connectivity index (χ4n) is 1.70. The maximum atomic E-state index is 11.5. The molecule has 0 aliphatic rings. The van der Waals surface area contributed by atoms with E-state index in [1.165, 1.54) is 0 Å². The molecule has 0 aliphatic heterocycles. The number of ketones is 1. The molecule has 0 bridgehead atoms. The Labute approximate surface area is 87.7 Å². The first-order chi connectivity index (χ1) is 6.67. The molecule has 2 nitrogen and oxygen atoms in total. The van der Waals surface area contributed by atoms with Crippen molar-refractivity contribution in [1.29, 1.82) is 0 Å². The van der Waals surface area contributed by atoms with Gasteiger partial charge in [0.2, 0.25) is 0 Å². The van der Waals surface area contributed by atoms with Crippen molar-refractivity contribution in [2.24, 2.45) is 5.92 Å². The van der Waals surface area contributed by atoms with E-state index in [1.54, 1.807) is 0 Å². The van der Waals surface area contributed by atoms with Crippen LogP contribution in [0.4, 0.5) is 0 Å². The number of aliphatic hydroxyl groups is 1. The molecule has 0 saturated carbocycles. The summed E-state index contributed by atoms with van der Waals surface area (Å²) in [6.07, 6.45) is 4.73. The molecule has 2 heteroatoms. The van der Waals surface area contributed by atoms with Crippen LogP contribution in [0, 0.1) is 5.92 Å². The van der Waals surface area contributed by atoms with E-state index in [4.69, 9.17) is 0 Å². The van der Waals surface area contributed by atoms with E-state index in [0.717, 1.165) is 32.1 Å². The van der Waals surface area contributed by atoms with Gasteiger partial charge in [0.15, 0.2) is 5.78 Å². The van der Waals surface area contributed by atoms with E-state index in [0.29, 0.717) is 6.42 Å². The third-order valence-corrected chi connectivity index (χ3v) is 2.85. The molecule has 1 atom stereocenters.